The molecule has 0 radical (unpaired) electrons. The molecule has 0 fully saturated rings. The highest BCUT2D eigenvalue weighted by Gasteiger charge is 2.21. The third-order valence-electron chi connectivity index (χ3n) is 4.29. The van der Waals surface area contributed by atoms with E-state index in [0.717, 1.165) is 16.8 Å². The number of hydrogen-bond acceptors (Lipinski definition) is 3. The molecule has 0 saturated heterocycles. The SMILES string of the molecule is O=C(c1cccc(Cl)c1)N(Cc1ccccc1)c1nc(-c2ccccc2)cs1. The van der Waals surface area contributed by atoms with Gasteiger partial charge in [-0.15, -0.1) is 11.3 Å². The van der Waals surface area contributed by atoms with Crippen molar-refractivity contribution in [1.82, 2.24) is 4.98 Å². The molecule has 0 aliphatic rings. The second-order valence-electron chi connectivity index (χ2n) is 6.27. The molecule has 0 atom stereocenters. The van der Waals surface area contributed by atoms with Crippen molar-refractivity contribution in [3.05, 3.63) is 106 Å². The Morgan fingerprint density at radius 3 is 2.36 bits per heavy atom. The van der Waals surface area contributed by atoms with Crippen LogP contribution in [0.15, 0.2) is 90.3 Å². The third-order valence-corrected chi connectivity index (χ3v) is 5.39. The molecule has 0 bridgehead atoms. The molecule has 5 heteroatoms. The average molecular weight is 405 g/mol. The van der Waals surface area contributed by atoms with E-state index in [0.29, 0.717) is 22.3 Å². The van der Waals surface area contributed by atoms with E-state index in [2.05, 4.69) is 0 Å². The molecule has 4 rings (SSSR count). The molecule has 0 N–H and O–H groups in total. The van der Waals surface area contributed by atoms with Gasteiger partial charge in [-0.2, -0.15) is 0 Å². The molecule has 4 aromatic rings. The lowest BCUT2D eigenvalue weighted by Crippen LogP contribution is -2.30. The molecule has 0 saturated carbocycles. The van der Waals surface area contributed by atoms with Gasteiger partial charge in [0.05, 0.1) is 12.2 Å². The summed E-state index contributed by atoms with van der Waals surface area (Å²) in [5.74, 6) is -0.125. The molecule has 0 aliphatic heterocycles. The van der Waals surface area contributed by atoms with Crippen molar-refractivity contribution in [3.63, 3.8) is 0 Å². The summed E-state index contributed by atoms with van der Waals surface area (Å²) >= 11 is 7.56. The fraction of sp³-hybridized carbons (Fsp3) is 0.0435. The Labute approximate surface area is 172 Å². The number of carbonyl (C=O) groups is 1. The van der Waals surface area contributed by atoms with Crippen LogP contribution >= 0.6 is 22.9 Å². The van der Waals surface area contributed by atoms with Crippen LogP contribution in [0.5, 0.6) is 0 Å². The molecule has 1 aromatic heterocycles. The van der Waals surface area contributed by atoms with Crippen molar-refractivity contribution >= 4 is 34.0 Å². The van der Waals surface area contributed by atoms with Gasteiger partial charge in [0.25, 0.3) is 5.91 Å². The molecule has 1 heterocycles. The summed E-state index contributed by atoms with van der Waals surface area (Å²) in [5, 5.41) is 3.18. The monoisotopic (exact) mass is 404 g/mol. The highest BCUT2D eigenvalue weighted by molar-refractivity contribution is 7.14. The summed E-state index contributed by atoms with van der Waals surface area (Å²) in [5.41, 5.74) is 3.46. The maximum atomic E-state index is 13.3. The highest BCUT2D eigenvalue weighted by Crippen LogP contribution is 2.29. The van der Waals surface area contributed by atoms with E-state index in [9.17, 15) is 4.79 Å². The molecular weight excluding hydrogens is 388 g/mol. The van der Waals surface area contributed by atoms with Gasteiger partial charge in [0.15, 0.2) is 5.13 Å². The lowest BCUT2D eigenvalue weighted by molar-refractivity contribution is 0.0985. The van der Waals surface area contributed by atoms with Gasteiger partial charge < -0.3 is 0 Å². The summed E-state index contributed by atoms with van der Waals surface area (Å²) in [7, 11) is 0. The van der Waals surface area contributed by atoms with Crippen LogP contribution in [0.2, 0.25) is 5.02 Å². The quantitative estimate of drug-likeness (QED) is 0.390. The van der Waals surface area contributed by atoms with Gasteiger partial charge in [-0.1, -0.05) is 78.3 Å². The van der Waals surface area contributed by atoms with Gasteiger partial charge in [-0.05, 0) is 23.8 Å². The van der Waals surface area contributed by atoms with Crippen LogP contribution in [-0.4, -0.2) is 10.9 Å². The first-order chi connectivity index (χ1) is 13.7. The van der Waals surface area contributed by atoms with Crippen LogP contribution in [0.1, 0.15) is 15.9 Å². The third kappa shape index (κ3) is 4.14. The first-order valence-electron chi connectivity index (χ1n) is 8.83. The predicted octanol–water partition coefficient (Wildman–Crippen LogP) is 6.31. The smallest absolute Gasteiger partial charge is 0.260 e. The topological polar surface area (TPSA) is 33.2 Å². The predicted molar refractivity (Wildman–Crippen MR) is 116 cm³/mol. The van der Waals surface area contributed by atoms with Crippen molar-refractivity contribution in [1.29, 1.82) is 0 Å². The van der Waals surface area contributed by atoms with E-state index in [1.54, 1.807) is 29.2 Å². The van der Waals surface area contributed by atoms with Gasteiger partial charge in [0.2, 0.25) is 0 Å². The van der Waals surface area contributed by atoms with Crippen molar-refractivity contribution < 1.29 is 4.79 Å². The summed E-state index contributed by atoms with van der Waals surface area (Å²) in [4.78, 5) is 19.7. The van der Waals surface area contributed by atoms with E-state index < -0.39 is 0 Å². The molecule has 0 spiro atoms. The van der Waals surface area contributed by atoms with E-state index in [1.165, 1.54) is 11.3 Å². The van der Waals surface area contributed by atoms with E-state index in [1.807, 2.05) is 66.0 Å². The number of halogens is 1. The number of hydrogen-bond donors (Lipinski definition) is 0. The number of aromatic nitrogens is 1. The van der Waals surface area contributed by atoms with Gasteiger partial charge in [0.1, 0.15) is 0 Å². The lowest BCUT2D eigenvalue weighted by atomic mass is 10.1. The Morgan fingerprint density at radius 1 is 0.929 bits per heavy atom. The van der Waals surface area contributed by atoms with Crippen LogP contribution in [0.3, 0.4) is 0 Å². The van der Waals surface area contributed by atoms with Crippen LogP contribution in [0, 0.1) is 0 Å². The fourth-order valence-electron chi connectivity index (χ4n) is 2.90. The Bertz CT molecular complexity index is 1080. The molecule has 28 heavy (non-hydrogen) atoms. The van der Waals surface area contributed by atoms with Crippen LogP contribution in [0.25, 0.3) is 11.3 Å². The summed E-state index contributed by atoms with van der Waals surface area (Å²) in [6.07, 6.45) is 0. The zero-order valence-electron chi connectivity index (χ0n) is 15.0. The minimum absolute atomic E-state index is 0.125. The lowest BCUT2D eigenvalue weighted by Gasteiger charge is -2.20. The van der Waals surface area contributed by atoms with E-state index in [4.69, 9.17) is 16.6 Å². The minimum atomic E-state index is -0.125. The summed E-state index contributed by atoms with van der Waals surface area (Å²) in [6.45, 7) is 0.438. The van der Waals surface area contributed by atoms with E-state index in [-0.39, 0.29) is 5.91 Å². The van der Waals surface area contributed by atoms with Crippen LogP contribution < -0.4 is 4.90 Å². The molecule has 138 valence electrons. The normalized spacial score (nSPS) is 10.6. The first kappa shape index (κ1) is 18.4. The maximum absolute atomic E-state index is 13.3. The van der Waals surface area contributed by atoms with Gasteiger partial charge in [-0.3, -0.25) is 9.69 Å². The number of thiazole rings is 1. The van der Waals surface area contributed by atoms with Gasteiger partial charge in [0, 0.05) is 21.5 Å². The minimum Gasteiger partial charge on any atom is -0.279 e. The van der Waals surface area contributed by atoms with Crippen molar-refractivity contribution in [2.75, 3.05) is 4.90 Å². The molecule has 0 unspecified atom stereocenters. The van der Waals surface area contributed by atoms with Gasteiger partial charge in [-0.25, -0.2) is 4.98 Å². The number of carbonyl (C=O) groups excluding carboxylic acids is 1. The number of nitrogens with zero attached hydrogens (tertiary/aromatic N) is 2. The number of amides is 1. The standard InChI is InChI=1S/C23H17ClN2OS/c24-20-13-7-12-19(14-20)22(27)26(15-17-8-3-1-4-9-17)23-25-21(16-28-23)18-10-5-2-6-11-18/h1-14,16H,15H2. The Balaban J connectivity index is 1.71. The van der Waals surface area contributed by atoms with Crippen LogP contribution in [-0.2, 0) is 6.54 Å². The summed E-state index contributed by atoms with van der Waals surface area (Å²) in [6, 6.07) is 26.9. The van der Waals surface area contributed by atoms with Crippen molar-refractivity contribution in [2.24, 2.45) is 0 Å². The zero-order valence-corrected chi connectivity index (χ0v) is 16.5. The Kier molecular flexibility index (Phi) is 5.51. The van der Waals surface area contributed by atoms with Crippen LogP contribution in [0.4, 0.5) is 5.13 Å². The second kappa shape index (κ2) is 8.38. The molecule has 1 amide bonds. The van der Waals surface area contributed by atoms with Gasteiger partial charge >= 0.3 is 0 Å². The summed E-state index contributed by atoms with van der Waals surface area (Å²) < 4.78 is 0. The Hall–Kier alpha value is -2.95. The molecule has 3 aromatic carbocycles. The van der Waals surface area contributed by atoms with E-state index >= 15 is 0 Å². The first-order valence-corrected chi connectivity index (χ1v) is 10.1. The zero-order chi connectivity index (χ0) is 19.3. The van der Waals surface area contributed by atoms with Crippen molar-refractivity contribution in [2.45, 2.75) is 6.54 Å². The second-order valence-corrected chi connectivity index (χ2v) is 7.54. The fourth-order valence-corrected chi connectivity index (χ4v) is 3.92. The highest BCUT2D eigenvalue weighted by atomic mass is 35.5. The average Bonchev–Trinajstić information content (AvgIpc) is 3.23. The number of benzene rings is 3. The Morgan fingerprint density at radius 2 is 1.64 bits per heavy atom. The molecular formula is C23H17ClN2OS. The maximum Gasteiger partial charge on any atom is 0.260 e. The molecule has 0 aliphatic carbocycles. The number of rotatable bonds is 5. The largest absolute Gasteiger partial charge is 0.279 e. The van der Waals surface area contributed by atoms with Crippen molar-refractivity contribution in [3.8, 4) is 11.3 Å². The molecule has 3 nitrogen and oxygen atoms in total. The number of anilines is 1.